The topological polar surface area (TPSA) is 57.8 Å². The standard InChI is InChI=1S/C21H21N3O2/c1-15-12-18(24-10-4-5-11-24)9-8-17(15)14-22-23-21(25)20-13-16-6-2-3-7-19(16)26-20/h2-3,6-9,12-14H,4-5,10-11H2,1H3,(H,23,25)/b22-14+. The zero-order valence-electron chi connectivity index (χ0n) is 14.7. The van der Waals surface area contributed by atoms with Crippen LogP contribution < -0.4 is 10.3 Å². The normalized spacial score (nSPS) is 14.4. The van der Waals surface area contributed by atoms with Gasteiger partial charge in [0.15, 0.2) is 5.76 Å². The number of anilines is 1. The number of fused-ring (bicyclic) bond motifs is 1. The van der Waals surface area contributed by atoms with Crippen LogP contribution in [0.3, 0.4) is 0 Å². The molecule has 132 valence electrons. The van der Waals surface area contributed by atoms with Crippen LogP contribution in [-0.4, -0.2) is 25.2 Å². The van der Waals surface area contributed by atoms with Crippen LogP contribution in [0.25, 0.3) is 11.0 Å². The van der Waals surface area contributed by atoms with Gasteiger partial charge in [0.1, 0.15) is 5.58 Å². The quantitative estimate of drug-likeness (QED) is 0.571. The second-order valence-electron chi connectivity index (χ2n) is 6.58. The van der Waals surface area contributed by atoms with E-state index in [1.54, 1.807) is 12.3 Å². The maximum atomic E-state index is 12.2. The number of aryl methyl sites for hydroxylation is 1. The van der Waals surface area contributed by atoms with Crippen molar-refractivity contribution in [1.29, 1.82) is 0 Å². The highest BCUT2D eigenvalue weighted by Gasteiger charge is 2.13. The Morgan fingerprint density at radius 1 is 1.15 bits per heavy atom. The van der Waals surface area contributed by atoms with Gasteiger partial charge in [-0.2, -0.15) is 5.10 Å². The Hall–Kier alpha value is -3.08. The molecule has 1 aromatic heterocycles. The molecule has 2 aromatic carbocycles. The van der Waals surface area contributed by atoms with Crippen LogP contribution in [0.2, 0.25) is 0 Å². The number of amides is 1. The SMILES string of the molecule is Cc1cc(N2CCCC2)ccc1/C=N/NC(=O)c1cc2ccccc2o1. The number of carbonyl (C=O) groups is 1. The van der Waals surface area contributed by atoms with Crippen LogP contribution in [0.5, 0.6) is 0 Å². The molecule has 4 rings (SSSR count). The summed E-state index contributed by atoms with van der Waals surface area (Å²) < 4.78 is 5.54. The minimum absolute atomic E-state index is 0.254. The molecule has 26 heavy (non-hydrogen) atoms. The monoisotopic (exact) mass is 347 g/mol. The molecule has 1 N–H and O–H groups in total. The van der Waals surface area contributed by atoms with Crippen molar-refractivity contribution in [2.24, 2.45) is 5.10 Å². The predicted molar refractivity (Wildman–Crippen MR) is 104 cm³/mol. The van der Waals surface area contributed by atoms with Crippen molar-refractivity contribution in [2.75, 3.05) is 18.0 Å². The number of furan rings is 1. The van der Waals surface area contributed by atoms with E-state index in [4.69, 9.17) is 4.42 Å². The highest BCUT2D eigenvalue weighted by molar-refractivity contribution is 5.96. The maximum absolute atomic E-state index is 12.2. The molecule has 0 atom stereocenters. The first-order chi connectivity index (χ1) is 12.7. The lowest BCUT2D eigenvalue weighted by Crippen LogP contribution is -2.18. The highest BCUT2D eigenvalue weighted by atomic mass is 16.3. The number of hydrogen-bond acceptors (Lipinski definition) is 4. The molecule has 5 nitrogen and oxygen atoms in total. The fourth-order valence-corrected chi connectivity index (χ4v) is 3.29. The average molecular weight is 347 g/mol. The third kappa shape index (κ3) is 3.33. The van der Waals surface area contributed by atoms with E-state index in [1.807, 2.05) is 30.3 Å². The van der Waals surface area contributed by atoms with Crippen molar-refractivity contribution in [1.82, 2.24) is 5.43 Å². The Kier molecular flexibility index (Phi) is 4.44. The number of rotatable bonds is 4. The number of nitrogens with zero attached hydrogens (tertiary/aromatic N) is 2. The smallest absolute Gasteiger partial charge is 0.307 e. The van der Waals surface area contributed by atoms with Crippen LogP contribution in [0, 0.1) is 6.92 Å². The van der Waals surface area contributed by atoms with Crippen LogP contribution in [0.1, 0.15) is 34.5 Å². The van der Waals surface area contributed by atoms with E-state index in [2.05, 4.69) is 34.5 Å². The van der Waals surface area contributed by atoms with Crippen molar-refractivity contribution in [3.63, 3.8) is 0 Å². The van der Waals surface area contributed by atoms with Crippen molar-refractivity contribution < 1.29 is 9.21 Å². The Balaban J connectivity index is 1.43. The number of nitrogens with one attached hydrogen (secondary N) is 1. The fraction of sp³-hybridized carbons (Fsp3) is 0.238. The zero-order valence-corrected chi connectivity index (χ0v) is 14.7. The largest absolute Gasteiger partial charge is 0.451 e. The number of hydrogen-bond donors (Lipinski definition) is 1. The van der Waals surface area contributed by atoms with Crippen molar-refractivity contribution >= 4 is 28.8 Å². The maximum Gasteiger partial charge on any atom is 0.307 e. The molecule has 0 spiro atoms. The molecule has 5 heteroatoms. The van der Waals surface area contributed by atoms with Crippen LogP contribution >= 0.6 is 0 Å². The van der Waals surface area contributed by atoms with Gasteiger partial charge in [0.2, 0.25) is 0 Å². The molecule has 0 saturated carbocycles. The van der Waals surface area contributed by atoms with Gasteiger partial charge < -0.3 is 9.32 Å². The van der Waals surface area contributed by atoms with E-state index in [0.717, 1.165) is 29.6 Å². The lowest BCUT2D eigenvalue weighted by molar-refractivity contribution is 0.0929. The van der Waals surface area contributed by atoms with E-state index in [0.29, 0.717) is 5.58 Å². The minimum Gasteiger partial charge on any atom is -0.451 e. The first-order valence-electron chi connectivity index (χ1n) is 8.88. The molecule has 1 aliphatic rings. The molecular weight excluding hydrogens is 326 g/mol. The summed E-state index contributed by atoms with van der Waals surface area (Å²) in [6.45, 7) is 4.31. The lowest BCUT2D eigenvalue weighted by atomic mass is 10.1. The molecule has 2 heterocycles. The Bertz CT molecular complexity index is 935. The summed E-state index contributed by atoms with van der Waals surface area (Å²) in [5, 5.41) is 4.98. The first kappa shape index (κ1) is 16.4. The van der Waals surface area contributed by atoms with Gasteiger partial charge in [-0.05, 0) is 55.2 Å². The number of hydrazone groups is 1. The summed E-state index contributed by atoms with van der Waals surface area (Å²) in [6, 6.07) is 15.6. The summed E-state index contributed by atoms with van der Waals surface area (Å²) in [5.41, 5.74) is 6.59. The van der Waals surface area contributed by atoms with Gasteiger partial charge in [-0.3, -0.25) is 4.79 Å². The predicted octanol–water partition coefficient (Wildman–Crippen LogP) is 4.11. The zero-order chi connectivity index (χ0) is 17.9. The van der Waals surface area contributed by atoms with Crippen molar-refractivity contribution in [3.05, 3.63) is 65.4 Å². The highest BCUT2D eigenvalue weighted by Crippen LogP contribution is 2.22. The second-order valence-corrected chi connectivity index (χ2v) is 6.58. The molecule has 1 fully saturated rings. The number of benzene rings is 2. The second kappa shape index (κ2) is 7.04. The summed E-state index contributed by atoms with van der Waals surface area (Å²) in [5.74, 6) is -0.103. The third-order valence-corrected chi connectivity index (χ3v) is 4.74. The minimum atomic E-state index is -0.358. The van der Waals surface area contributed by atoms with Crippen LogP contribution in [0.15, 0.2) is 58.0 Å². The van der Waals surface area contributed by atoms with Gasteiger partial charge in [0.05, 0.1) is 6.21 Å². The Morgan fingerprint density at radius 2 is 1.96 bits per heavy atom. The molecular formula is C21H21N3O2. The molecule has 0 bridgehead atoms. The van der Waals surface area contributed by atoms with Gasteiger partial charge >= 0.3 is 5.91 Å². The summed E-state index contributed by atoms with van der Waals surface area (Å²) in [4.78, 5) is 14.6. The molecule has 0 unspecified atom stereocenters. The van der Waals surface area contributed by atoms with E-state index < -0.39 is 0 Å². The first-order valence-corrected chi connectivity index (χ1v) is 8.88. The average Bonchev–Trinajstić information content (AvgIpc) is 3.32. The number of carbonyl (C=O) groups excluding carboxylic acids is 1. The van der Waals surface area contributed by atoms with E-state index in [1.165, 1.54) is 18.5 Å². The molecule has 3 aromatic rings. The van der Waals surface area contributed by atoms with Gasteiger partial charge in [-0.15, -0.1) is 0 Å². The summed E-state index contributed by atoms with van der Waals surface area (Å²) >= 11 is 0. The van der Waals surface area contributed by atoms with Crippen LogP contribution in [-0.2, 0) is 0 Å². The van der Waals surface area contributed by atoms with Gasteiger partial charge in [-0.1, -0.05) is 24.3 Å². The van der Waals surface area contributed by atoms with Gasteiger partial charge in [0, 0.05) is 24.2 Å². The van der Waals surface area contributed by atoms with E-state index in [-0.39, 0.29) is 11.7 Å². The molecule has 1 saturated heterocycles. The van der Waals surface area contributed by atoms with Crippen LogP contribution in [0.4, 0.5) is 5.69 Å². The Labute approximate surface area is 152 Å². The molecule has 0 radical (unpaired) electrons. The van der Waals surface area contributed by atoms with E-state index >= 15 is 0 Å². The Morgan fingerprint density at radius 3 is 2.73 bits per heavy atom. The van der Waals surface area contributed by atoms with E-state index in [9.17, 15) is 4.79 Å². The molecule has 1 amide bonds. The molecule has 0 aliphatic carbocycles. The summed E-state index contributed by atoms with van der Waals surface area (Å²) in [6.07, 6.45) is 4.19. The third-order valence-electron chi connectivity index (χ3n) is 4.74. The van der Waals surface area contributed by atoms with Gasteiger partial charge in [0.25, 0.3) is 0 Å². The lowest BCUT2D eigenvalue weighted by Gasteiger charge is -2.18. The fourth-order valence-electron chi connectivity index (χ4n) is 3.29. The molecule has 1 aliphatic heterocycles. The summed E-state index contributed by atoms with van der Waals surface area (Å²) in [7, 11) is 0. The van der Waals surface area contributed by atoms with Gasteiger partial charge in [-0.25, -0.2) is 5.43 Å². The van der Waals surface area contributed by atoms with Crippen molar-refractivity contribution in [2.45, 2.75) is 19.8 Å². The number of para-hydroxylation sites is 1. The van der Waals surface area contributed by atoms with Crippen molar-refractivity contribution in [3.8, 4) is 0 Å².